The largest absolute Gasteiger partial charge is 0.464 e. The standard InChI is InChI=1S/C20H22N4O/c21-20-22-10-7-18(23-20)16-8-11-24(12-9-16)14-15-3-5-17(6-4-15)19-2-1-13-25-19/h1-7,10,13,16H,8-9,11-12,14H2,(H2,21,22,23). The summed E-state index contributed by atoms with van der Waals surface area (Å²) in [4.78, 5) is 10.9. The van der Waals surface area contributed by atoms with Crippen LogP contribution in [0, 0.1) is 0 Å². The Balaban J connectivity index is 1.34. The number of nitrogens with two attached hydrogens (primary N) is 1. The van der Waals surface area contributed by atoms with Gasteiger partial charge >= 0.3 is 0 Å². The first-order valence-electron chi connectivity index (χ1n) is 8.71. The highest BCUT2D eigenvalue weighted by Crippen LogP contribution is 2.28. The van der Waals surface area contributed by atoms with Gasteiger partial charge in [0.1, 0.15) is 5.76 Å². The van der Waals surface area contributed by atoms with Crippen molar-refractivity contribution in [3.05, 3.63) is 66.2 Å². The molecule has 1 aromatic carbocycles. The lowest BCUT2D eigenvalue weighted by atomic mass is 9.93. The molecule has 0 amide bonds. The van der Waals surface area contributed by atoms with E-state index in [2.05, 4.69) is 39.1 Å². The lowest BCUT2D eigenvalue weighted by molar-refractivity contribution is 0.203. The minimum absolute atomic E-state index is 0.372. The molecular weight excluding hydrogens is 312 g/mol. The van der Waals surface area contributed by atoms with Crippen LogP contribution in [0.1, 0.15) is 30.0 Å². The molecule has 1 aliphatic rings. The Labute approximate surface area is 147 Å². The molecular formula is C20H22N4O. The van der Waals surface area contributed by atoms with Crippen molar-refractivity contribution < 1.29 is 4.42 Å². The van der Waals surface area contributed by atoms with Crippen molar-refractivity contribution in [1.82, 2.24) is 14.9 Å². The third-order valence-electron chi connectivity index (χ3n) is 4.87. The molecule has 2 aromatic heterocycles. The summed E-state index contributed by atoms with van der Waals surface area (Å²) in [5, 5.41) is 0. The van der Waals surface area contributed by atoms with E-state index >= 15 is 0 Å². The van der Waals surface area contributed by atoms with Crippen molar-refractivity contribution >= 4 is 5.95 Å². The van der Waals surface area contributed by atoms with Crippen LogP contribution in [0.5, 0.6) is 0 Å². The van der Waals surface area contributed by atoms with E-state index in [1.54, 1.807) is 12.5 Å². The van der Waals surface area contributed by atoms with Gasteiger partial charge in [0.2, 0.25) is 5.95 Å². The van der Waals surface area contributed by atoms with Crippen molar-refractivity contribution in [1.29, 1.82) is 0 Å². The Morgan fingerprint density at radius 2 is 1.88 bits per heavy atom. The van der Waals surface area contributed by atoms with Crippen LogP contribution in [-0.4, -0.2) is 28.0 Å². The molecule has 0 saturated carbocycles. The summed E-state index contributed by atoms with van der Waals surface area (Å²) in [5.74, 6) is 1.77. The lowest BCUT2D eigenvalue weighted by Gasteiger charge is -2.31. The Morgan fingerprint density at radius 1 is 1.08 bits per heavy atom. The first-order chi connectivity index (χ1) is 12.3. The summed E-state index contributed by atoms with van der Waals surface area (Å²) in [6.45, 7) is 3.14. The minimum atomic E-state index is 0.372. The fourth-order valence-corrected chi connectivity index (χ4v) is 3.48. The van der Waals surface area contributed by atoms with E-state index in [-0.39, 0.29) is 0 Å². The molecule has 1 aliphatic heterocycles. The maximum Gasteiger partial charge on any atom is 0.220 e. The number of rotatable bonds is 4. The Hall–Kier alpha value is -2.66. The summed E-state index contributed by atoms with van der Waals surface area (Å²) in [6.07, 6.45) is 5.69. The summed E-state index contributed by atoms with van der Waals surface area (Å²) >= 11 is 0. The van der Waals surface area contributed by atoms with Gasteiger partial charge in [-0.1, -0.05) is 24.3 Å². The molecule has 0 spiro atoms. The molecule has 1 fully saturated rings. The number of piperidine rings is 1. The number of benzene rings is 1. The van der Waals surface area contributed by atoms with Gasteiger partial charge in [-0.25, -0.2) is 9.97 Å². The van der Waals surface area contributed by atoms with E-state index in [1.807, 2.05) is 18.2 Å². The fraction of sp³-hybridized carbons (Fsp3) is 0.300. The number of nitrogens with zero attached hydrogens (tertiary/aromatic N) is 3. The second kappa shape index (κ2) is 7.07. The van der Waals surface area contributed by atoms with Gasteiger partial charge in [0.05, 0.1) is 6.26 Å². The van der Waals surface area contributed by atoms with E-state index in [0.717, 1.165) is 49.5 Å². The zero-order chi connectivity index (χ0) is 17.1. The normalized spacial score (nSPS) is 16.2. The average Bonchev–Trinajstić information content (AvgIpc) is 3.18. The van der Waals surface area contributed by atoms with Crippen LogP contribution in [0.4, 0.5) is 5.95 Å². The smallest absolute Gasteiger partial charge is 0.220 e. The molecule has 0 atom stereocenters. The molecule has 25 heavy (non-hydrogen) atoms. The van der Waals surface area contributed by atoms with Gasteiger partial charge in [-0.3, -0.25) is 4.90 Å². The third kappa shape index (κ3) is 3.72. The van der Waals surface area contributed by atoms with Crippen molar-refractivity contribution in [3.63, 3.8) is 0 Å². The molecule has 0 radical (unpaired) electrons. The lowest BCUT2D eigenvalue weighted by Crippen LogP contribution is -2.32. The zero-order valence-corrected chi connectivity index (χ0v) is 14.1. The molecule has 128 valence electrons. The van der Waals surface area contributed by atoms with E-state index in [9.17, 15) is 0 Å². The van der Waals surface area contributed by atoms with Crippen LogP contribution in [0.25, 0.3) is 11.3 Å². The highest BCUT2D eigenvalue weighted by molar-refractivity contribution is 5.57. The van der Waals surface area contributed by atoms with Gasteiger partial charge in [0.15, 0.2) is 0 Å². The molecule has 0 unspecified atom stereocenters. The molecule has 5 nitrogen and oxygen atoms in total. The van der Waals surface area contributed by atoms with Crippen LogP contribution in [0.3, 0.4) is 0 Å². The molecule has 1 saturated heterocycles. The van der Waals surface area contributed by atoms with Crippen LogP contribution >= 0.6 is 0 Å². The highest BCUT2D eigenvalue weighted by Gasteiger charge is 2.21. The summed E-state index contributed by atoms with van der Waals surface area (Å²) < 4.78 is 5.44. The van der Waals surface area contributed by atoms with Crippen molar-refractivity contribution in [3.8, 4) is 11.3 Å². The van der Waals surface area contributed by atoms with Crippen LogP contribution in [0.2, 0.25) is 0 Å². The highest BCUT2D eigenvalue weighted by atomic mass is 16.3. The molecule has 5 heteroatoms. The van der Waals surface area contributed by atoms with Crippen LogP contribution < -0.4 is 5.73 Å². The number of anilines is 1. The number of furan rings is 1. The van der Waals surface area contributed by atoms with E-state index in [1.165, 1.54) is 5.56 Å². The molecule has 3 heterocycles. The minimum Gasteiger partial charge on any atom is -0.464 e. The van der Waals surface area contributed by atoms with Crippen molar-refractivity contribution in [2.24, 2.45) is 0 Å². The number of likely N-dealkylation sites (tertiary alicyclic amines) is 1. The Kier molecular flexibility index (Phi) is 4.48. The predicted molar refractivity (Wildman–Crippen MR) is 97.8 cm³/mol. The quantitative estimate of drug-likeness (QED) is 0.788. The molecule has 4 rings (SSSR count). The van der Waals surface area contributed by atoms with Gasteiger partial charge < -0.3 is 10.2 Å². The van der Waals surface area contributed by atoms with E-state index in [0.29, 0.717) is 11.9 Å². The second-order valence-electron chi connectivity index (χ2n) is 6.56. The Bertz CT molecular complexity index is 806. The fourth-order valence-electron chi connectivity index (χ4n) is 3.48. The van der Waals surface area contributed by atoms with Crippen LogP contribution in [0.15, 0.2) is 59.3 Å². The molecule has 3 aromatic rings. The summed E-state index contributed by atoms with van der Waals surface area (Å²) in [6, 6.07) is 14.5. The number of hydrogen-bond donors (Lipinski definition) is 1. The number of hydrogen-bond acceptors (Lipinski definition) is 5. The maximum atomic E-state index is 5.70. The average molecular weight is 334 g/mol. The number of aromatic nitrogens is 2. The SMILES string of the molecule is Nc1nccc(C2CCN(Cc3ccc(-c4ccco4)cc3)CC2)n1. The summed E-state index contributed by atoms with van der Waals surface area (Å²) in [7, 11) is 0. The summed E-state index contributed by atoms with van der Waals surface area (Å²) in [5.41, 5.74) is 9.23. The van der Waals surface area contributed by atoms with Gasteiger partial charge in [0.25, 0.3) is 0 Å². The van der Waals surface area contributed by atoms with E-state index in [4.69, 9.17) is 10.2 Å². The second-order valence-corrected chi connectivity index (χ2v) is 6.56. The monoisotopic (exact) mass is 334 g/mol. The molecule has 0 bridgehead atoms. The van der Waals surface area contributed by atoms with E-state index < -0.39 is 0 Å². The third-order valence-corrected chi connectivity index (χ3v) is 4.87. The van der Waals surface area contributed by atoms with Gasteiger partial charge in [-0.05, 0) is 49.7 Å². The van der Waals surface area contributed by atoms with Crippen LogP contribution in [-0.2, 0) is 6.54 Å². The first-order valence-corrected chi connectivity index (χ1v) is 8.71. The number of nitrogen functional groups attached to an aromatic ring is 1. The van der Waals surface area contributed by atoms with Gasteiger partial charge in [0, 0.05) is 29.9 Å². The van der Waals surface area contributed by atoms with Gasteiger partial charge in [-0.15, -0.1) is 0 Å². The predicted octanol–water partition coefficient (Wildman–Crippen LogP) is 3.70. The van der Waals surface area contributed by atoms with Gasteiger partial charge in [-0.2, -0.15) is 0 Å². The topological polar surface area (TPSA) is 68.2 Å². The van der Waals surface area contributed by atoms with Crippen molar-refractivity contribution in [2.45, 2.75) is 25.3 Å². The molecule has 0 aliphatic carbocycles. The molecule has 2 N–H and O–H groups in total. The Morgan fingerprint density at radius 3 is 2.56 bits per heavy atom. The zero-order valence-electron chi connectivity index (χ0n) is 14.1. The maximum absolute atomic E-state index is 5.70. The van der Waals surface area contributed by atoms with Crippen molar-refractivity contribution in [2.75, 3.05) is 18.8 Å². The first kappa shape index (κ1) is 15.8.